The molecule has 0 saturated carbocycles. The van der Waals surface area contributed by atoms with Crippen LogP contribution in [0, 0.1) is 0 Å². The van der Waals surface area contributed by atoms with E-state index in [1.54, 1.807) is 12.1 Å². The second-order valence-electron chi connectivity index (χ2n) is 6.53. The number of aliphatic carboxylic acids is 1. The summed E-state index contributed by atoms with van der Waals surface area (Å²) in [5, 5.41) is 19.5. The first-order valence-corrected chi connectivity index (χ1v) is 8.86. The number of hydrogen-bond donors (Lipinski definition) is 2. The number of phenols is 1. The average Bonchev–Trinajstić information content (AvgIpc) is 2.66. The van der Waals surface area contributed by atoms with Crippen molar-refractivity contribution in [2.24, 2.45) is 0 Å². The summed E-state index contributed by atoms with van der Waals surface area (Å²) in [6.07, 6.45) is 2.78. The number of carbonyl (C=O) groups excluding carboxylic acids is 1. The van der Waals surface area contributed by atoms with Crippen molar-refractivity contribution in [2.75, 3.05) is 14.2 Å². The van der Waals surface area contributed by atoms with E-state index in [1.165, 1.54) is 58.4 Å². The van der Waals surface area contributed by atoms with Crippen LogP contribution in [-0.2, 0) is 4.79 Å². The second kappa shape index (κ2) is 8.87. The van der Waals surface area contributed by atoms with Crippen molar-refractivity contribution in [2.45, 2.75) is 19.4 Å². The van der Waals surface area contributed by atoms with E-state index in [-0.39, 0.29) is 28.6 Å². The summed E-state index contributed by atoms with van der Waals surface area (Å²) >= 11 is 5.78. The number of carboxylic acids is 1. The molecule has 7 nitrogen and oxygen atoms in total. The molecule has 0 heterocycles. The Hall–Kier alpha value is -3.19. The number of ether oxygens (including phenoxy) is 3. The molecule has 0 radical (unpaired) electrons. The van der Waals surface area contributed by atoms with Gasteiger partial charge < -0.3 is 24.4 Å². The van der Waals surface area contributed by atoms with Crippen LogP contribution in [0.25, 0.3) is 6.08 Å². The van der Waals surface area contributed by atoms with Crippen molar-refractivity contribution in [3.63, 3.8) is 0 Å². The van der Waals surface area contributed by atoms with E-state index < -0.39 is 17.4 Å². The van der Waals surface area contributed by atoms with E-state index in [2.05, 4.69) is 0 Å². The topological polar surface area (TPSA) is 102 Å². The van der Waals surface area contributed by atoms with Gasteiger partial charge in [-0.2, -0.15) is 0 Å². The number of allylic oxidation sites excluding steroid dienone is 1. The van der Waals surface area contributed by atoms with E-state index in [9.17, 15) is 19.8 Å². The van der Waals surface area contributed by atoms with E-state index in [4.69, 9.17) is 25.8 Å². The summed E-state index contributed by atoms with van der Waals surface area (Å²) in [5.41, 5.74) is -0.867. The van der Waals surface area contributed by atoms with E-state index in [1.807, 2.05) is 0 Å². The highest BCUT2D eigenvalue weighted by Crippen LogP contribution is 2.41. The number of phenolic OH excluding ortho intramolecular Hbond substituents is 1. The van der Waals surface area contributed by atoms with Crippen LogP contribution in [-0.4, -0.2) is 41.8 Å². The third-order valence-corrected chi connectivity index (χ3v) is 4.24. The van der Waals surface area contributed by atoms with Crippen molar-refractivity contribution in [3.05, 3.63) is 52.6 Å². The number of hydrogen-bond acceptors (Lipinski definition) is 6. The third kappa shape index (κ3) is 5.20. The highest BCUT2D eigenvalue weighted by Gasteiger charge is 2.32. The van der Waals surface area contributed by atoms with Crippen LogP contribution in [0.3, 0.4) is 0 Å². The van der Waals surface area contributed by atoms with Crippen LogP contribution in [0.2, 0.25) is 5.02 Å². The zero-order chi connectivity index (χ0) is 21.8. The van der Waals surface area contributed by atoms with Gasteiger partial charge in [-0.3, -0.25) is 4.79 Å². The minimum Gasteiger partial charge on any atom is -0.507 e. The van der Waals surface area contributed by atoms with Crippen molar-refractivity contribution >= 4 is 29.4 Å². The zero-order valence-corrected chi connectivity index (χ0v) is 17.1. The highest BCUT2D eigenvalue weighted by molar-refractivity contribution is 6.31. The number of rotatable bonds is 8. The monoisotopic (exact) mass is 420 g/mol. The van der Waals surface area contributed by atoms with Gasteiger partial charge in [0, 0.05) is 5.02 Å². The number of carboxylic acid groups (broad SMARTS) is 1. The SMILES string of the molecule is COc1cc(/C=C/C(=O)c2ccc(Cl)cc2O)cc(OC)c1OC(C)(C)C(=O)O. The van der Waals surface area contributed by atoms with E-state index in [0.29, 0.717) is 10.6 Å². The Bertz CT molecular complexity index is 938. The molecule has 0 saturated heterocycles. The van der Waals surface area contributed by atoms with Gasteiger partial charge in [0.15, 0.2) is 22.9 Å². The number of halogens is 1. The molecular weight excluding hydrogens is 400 g/mol. The molecule has 0 aliphatic carbocycles. The molecule has 2 aromatic carbocycles. The largest absolute Gasteiger partial charge is 0.507 e. The van der Waals surface area contributed by atoms with Crippen LogP contribution in [0.4, 0.5) is 0 Å². The molecule has 8 heteroatoms. The minimum atomic E-state index is -1.51. The van der Waals surface area contributed by atoms with Gasteiger partial charge in [0.2, 0.25) is 5.75 Å². The molecule has 0 spiro atoms. The Kier molecular flexibility index (Phi) is 6.76. The molecule has 0 aliphatic heterocycles. The quantitative estimate of drug-likeness (QED) is 0.487. The molecule has 0 aromatic heterocycles. The normalized spacial score (nSPS) is 11.3. The van der Waals surface area contributed by atoms with E-state index >= 15 is 0 Å². The molecule has 0 unspecified atom stereocenters. The maximum atomic E-state index is 12.3. The third-order valence-electron chi connectivity index (χ3n) is 4.01. The number of methoxy groups -OCH3 is 2. The Morgan fingerprint density at radius 3 is 2.14 bits per heavy atom. The fraction of sp³-hybridized carbons (Fsp3) is 0.238. The summed E-state index contributed by atoms with van der Waals surface area (Å²) in [6, 6.07) is 7.36. The summed E-state index contributed by atoms with van der Waals surface area (Å²) in [5.74, 6) is -1.20. The lowest BCUT2D eigenvalue weighted by molar-refractivity contribution is -0.152. The Morgan fingerprint density at radius 2 is 1.66 bits per heavy atom. The van der Waals surface area contributed by atoms with Crippen molar-refractivity contribution in [1.82, 2.24) is 0 Å². The summed E-state index contributed by atoms with van der Waals surface area (Å²) in [7, 11) is 2.81. The standard InChI is InChI=1S/C21H21ClO7/c1-21(2,20(25)26)29-19-17(27-3)9-12(10-18(19)28-4)5-8-15(23)14-7-6-13(22)11-16(14)24/h5-11,24H,1-4H3,(H,25,26)/b8-5+. The Labute approximate surface area is 173 Å². The first-order valence-electron chi connectivity index (χ1n) is 8.48. The lowest BCUT2D eigenvalue weighted by Gasteiger charge is -2.24. The number of benzene rings is 2. The number of carbonyl (C=O) groups is 2. The summed E-state index contributed by atoms with van der Waals surface area (Å²) in [6.45, 7) is 2.80. The summed E-state index contributed by atoms with van der Waals surface area (Å²) in [4.78, 5) is 23.7. The van der Waals surface area contributed by atoms with Crippen LogP contribution in [0.1, 0.15) is 29.8 Å². The maximum absolute atomic E-state index is 12.3. The predicted molar refractivity (Wildman–Crippen MR) is 108 cm³/mol. The average molecular weight is 421 g/mol. The molecule has 154 valence electrons. The molecule has 29 heavy (non-hydrogen) atoms. The van der Waals surface area contributed by atoms with Crippen LogP contribution >= 0.6 is 11.6 Å². The summed E-state index contributed by atoms with van der Waals surface area (Å²) < 4.78 is 16.2. The van der Waals surface area contributed by atoms with Crippen molar-refractivity contribution in [1.29, 1.82) is 0 Å². The second-order valence-corrected chi connectivity index (χ2v) is 6.97. The van der Waals surface area contributed by atoms with Crippen LogP contribution < -0.4 is 14.2 Å². The first kappa shape index (κ1) is 22.1. The lowest BCUT2D eigenvalue weighted by atomic mass is 10.1. The molecule has 0 atom stereocenters. The minimum absolute atomic E-state index is 0.104. The Balaban J connectivity index is 2.38. The van der Waals surface area contributed by atoms with Gasteiger partial charge in [-0.05, 0) is 55.8 Å². The van der Waals surface area contributed by atoms with Gasteiger partial charge in [-0.1, -0.05) is 17.7 Å². The van der Waals surface area contributed by atoms with Crippen molar-refractivity contribution in [3.8, 4) is 23.0 Å². The molecular formula is C21H21ClO7. The van der Waals surface area contributed by atoms with Gasteiger partial charge in [0.25, 0.3) is 0 Å². The molecule has 0 amide bonds. The fourth-order valence-corrected chi connectivity index (χ4v) is 2.54. The first-order chi connectivity index (χ1) is 13.6. The van der Waals surface area contributed by atoms with Gasteiger partial charge in [0.05, 0.1) is 19.8 Å². The lowest BCUT2D eigenvalue weighted by Crippen LogP contribution is -2.38. The molecule has 0 fully saturated rings. The maximum Gasteiger partial charge on any atom is 0.347 e. The fourth-order valence-electron chi connectivity index (χ4n) is 2.37. The molecule has 0 aliphatic rings. The zero-order valence-electron chi connectivity index (χ0n) is 16.4. The van der Waals surface area contributed by atoms with Crippen molar-refractivity contribution < 1.29 is 34.0 Å². The predicted octanol–water partition coefficient (Wildman–Crippen LogP) is 4.20. The van der Waals surface area contributed by atoms with Gasteiger partial charge >= 0.3 is 5.97 Å². The van der Waals surface area contributed by atoms with Crippen LogP contribution in [0.15, 0.2) is 36.4 Å². The van der Waals surface area contributed by atoms with Gasteiger partial charge in [-0.25, -0.2) is 4.79 Å². The molecule has 2 N–H and O–H groups in total. The van der Waals surface area contributed by atoms with Gasteiger partial charge in [-0.15, -0.1) is 0 Å². The number of ketones is 1. The van der Waals surface area contributed by atoms with Crippen LogP contribution in [0.5, 0.6) is 23.0 Å². The molecule has 2 rings (SSSR count). The highest BCUT2D eigenvalue weighted by atomic mass is 35.5. The molecule has 2 aromatic rings. The Morgan fingerprint density at radius 1 is 1.07 bits per heavy atom. The van der Waals surface area contributed by atoms with Gasteiger partial charge in [0.1, 0.15) is 5.75 Å². The number of aromatic hydroxyl groups is 1. The molecule has 0 bridgehead atoms. The smallest absolute Gasteiger partial charge is 0.347 e. The van der Waals surface area contributed by atoms with E-state index in [0.717, 1.165) is 0 Å².